The van der Waals surface area contributed by atoms with E-state index in [1.165, 1.54) is 0 Å². The lowest BCUT2D eigenvalue weighted by molar-refractivity contribution is 0.0736. The van der Waals surface area contributed by atoms with E-state index in [1.807, 2.05) is 11.0 Å². The van der Waals surface area contributed by atoms with Crippen LogP contribution >= 0.6 is 0 Å². The Balaban J connectivity index is 1.57. The second-order valence-corrected chi connectivity index (χ2v) is 7.06. The number of likely N-dealkylation sites (tertiary alicyclic amines) is 1. The fourth-order valence-electron chi connectivity index (χ4n) is 3.96. The highest BCUT2D eigenvalue weighted by Gasteiger charge is 2.40. The molecule has 7 heteroatoms. The molecule has 2 fully saturated rings. The third kappa shape index (κ3) is 3.56. The molecule has 2 aromatic rings. The van der Waals surface area contributed by atoms with Crippen molar-refractivity contribution in [1.82, 2.24) is 15.2 Å². The van der Waals surface area contributed by atoms with Crippen molar-refractivity contribution in [2.24, 2.45) is 11.7 Å². The summed E-state index contributed by atoms with van der Waals surface area (Å²) in [5.41, 5.74) is 8.04. The summed E-state index contributed by atoms with van der Waals surface area (Å²) in [6.07, 6.45) is 2.60. The zero-order chi connectivity index (χ0) is 18.8. The van der Waals surface area contributed by atoms with Gasteiger partial charge in [0.15, 0.2) is 0 Å². The van der Waals surface area contributed by atoms with Crippen LogP contribution in [0.2, 0.25) is 0 Å². The summed E-state index contributed by atoms with van der Waals surface area (Å²) in [4.78, 5) is 31.5. The predicted molar refractivity (Wildman–Crippen MR) is 102 cm³/mol. The Labute approximate surface area is 158 Å². The molecule has 0 unspecified atom stereocenters. The predicted octanol–water partition coefficient (Wildman–Crippen LogP) is 1.23. The zero-order valence-corrected chi connectivity index (χ0v) is 15.0. The number of hydrogen-bond donors (Lipinski definition) is 3. The number of benzene rings is 1. The van der Waals surface area contributed by atoms with Gasteiger partial charge in [-0.15, -0.1) is 0 Å². The summed E-state index contributed by atoms with van der Waals surface area (Å²) in [6.45, 7) is 2.89. The van der Waals surface area contributed by atoms with Gasteiger partial charge in [0.05, 0.1) is 0 Å². The van der Waals surface area contributed by atoms with Crippen LogP contribution in [-0.2, 0) is 6.54 Å². The first-order valence-corrected chi connectivity index (χ1v) is 9.24. The SMILES string of the molecule is NCc1cc(NC(=O)c2ccccn2)cc(C(=O)N2CC[C@@H]3CNC[C@@H]32)c1. The maximum atomic E-state index is 13.1. The van der Waals surface area contributed by atoms with Crippen molar-refractivity contribution < 1.29 is 9.59 Å². The molecule has 2 amide bonds. The van der Waals surface area contributed by atoms with Gasteiger partial charge in [-0.25, -0.2) is 0 Å². The average molecular weight is 365 g/mol. The van der Waals surface area contributed by atoms with Crippen LogP contribution in [0.3, 0.4) is 0 Å². The van der Waals surface area contributed by atoms with Gasteiger partial charge in [-0.05, 0) is 48.2 Å². The van der Waals surface area contributed by atoms with E-state index >= 15 is 0 Å². The minimum Gasteiger partial charge on any atom is -0.334 e. The molecule has 7 nitrogen and oxygen atoms in total. The standard InChI is InChI=1S/C20H23N5O2/c21-10-13-7-15(20(27)25-6-4-14-11-22-12-18(14)25)9-16(8-13)24-19(26)17-3-1-2-5-23-17/h1-3,5,7-9,14,18,22H,4,6,10-12,21H2,(H,24,26)/t14-,18+/m1/s1. The second kappa shape index (κ2) is 7.46. The molecule has 27 heavy (non-hydrogen) atoms. The summed E-state index contributed by atoms with van der Waals surface area (Å²) < 4.78 is 0. The summed E-state index contributed by atoms with van der Waals surface area (Å²) in [5, 5.41) is 6.19. The minimum absolute atomic E-state index is 0.00478. The van der Waals surface area contributed by atoms with Gasteiger partial charge in [0.25, 0.3) is 11.8 Å². The van der Waals surface area contributed by atoms with Crippen LogP contribution in [0, 0.1) is 5.92 Å². The second-order valence-electron chi connectivity index (χ2n) is 7.06. The van der Waals surface area contributed by atoms with Gasteiger partial charge in [-0.2, -0.15) is 0 Å². The largest absolute Gasteiger partial charge is 0.334 e. The molecule has 0 radical (unpaired) electrons. The summed E-state index contributed by atoms with van der Waals surface area (Å²) in [5.74, 6) is 0.217. The lowest BCUT2D eigenvalue weighted by Crippen LogP contribution is -2.39. The fourth-order valence-corrected chi connectivity index (χ4v) is 3.96. The van der Waals surface area contributed by atoms with Gasteiger partial charge >= 0.3 is 0 Å². The van der Waals surface area contributed by atoms with E-state index in [9.17, 15) is 9.59 Å². The Morgan fingerprint density at radius 3 is 2.93 bits per heavy atom. The molecular weight excluding hydrogens is 342 g/mol. The van der Waals surface area contributed by atoms with Crippen LogP contribution in [0.5, 0.6) is 0 Å². The van der Waals surface area contributed by atoms with Crippen LogP contribution < -0.4 is 16.4 Å². The number of rotatable bonds is 4. The molecule has 2 saturated heterocycles. The molecule has 1 aromatic heterocycles. The number of fused-ring (bicyclic) bond motifs is 1. The Bertz CT molecular complexity index is 855. The Morgan fingerprint density at radius 2 is 2.15 bits per heavy atom. The first kappa shape index (κ1) is 17.6. The number of aromatic nitrogens is 1. The van der Waals surface area contributed by atoms with Gasteiger partial charge in [-0.1, -0.05) is 6.07 Å². The first-order valence-electron chi connectivity index (χ1n) is 9.24. The Kier molecular flexibility index (Phi) is 4.87. The normalized spacial score (nSPS) is 21.1. The molecule has 140 valence electrons. The fraction of sp³-hybridized carbons (Fsp3) is 0.350. The summed E-state index contributed by atoms with van der Waals surface area (Å²) in [6, 6.07) is 10.7. The van der Waals surface area contributed by atoms with Crippen molar-refractivity contribution in [3.05, 3.63) is 59.4 Å². The van der Waals surface area contributed by atoms with Gasteiger partial charge in [-0.3, -0.25) is 14.6 Å². The number of hydrogen-bond acceptors (Lipinski definition) is 5. The van der Waals surface area contributed by atoms with E-state index in [0.29, 0.717) is 29.4 Å². The quantitative estimate of drug-likeness (QED) is 0.757. The molecule has 2 atom stereocenters. The van der Waals surface area contributed by atoms with E-state index in [0.717, 1.165) is 31.6 Å². The highest BCUT2D eigenvalue weighted by molar-refractivity contribution is 6.04. The summed E-state index contributed by atoms with van der Waals surface area (Å²) in [7, 11) is 0. The Hall–Kier alpha value is -2.77. The summed E-state index contributed by atoms with van der Waals surface area (Å²) >= 11 is 0. The number of nitrogens with zero attached hydrogens (tertiary/aromatic N) is 2. The highest BCUT2D eigenvalue weighted by atomic mass is 16.2. The molecule has 0 spiro atoms. The van der Waals surface area contributed by atoms with E-state index in [1.54, 1.807) is 36.5 Å². The molecule has 3 heterocycles. The van der Waals surface area contributed by atoms with Crippen molar-refractivity contribution in [3.8, 4) is 0 Å². The molecular formula is C20H23N5O2. The maximum absolute atomic E-state index is 13.1. The van der Waals surface area contributed by atoms with E-state index in [-0.39, 0.29) is 17.9 Å². The van der Waals surface area contributed by atoms with E-state index < -0.39 is 0 Å². The molecule has 4 N–H and O–H groups in total. The molecule has 2 aliphatic rings. The number of anilines is 1. The minimum atomic E-state index is -0.315. The van der Waals surface area contributed by atoms with Crippen LogP contribution in [0.25, 0.3) is 0 Å². The lowest BCUT2D eigenvalue weighted by atomic mass is 10.0. The number of carbonyl (C=O) groups excluding carboxylic acids is 2. The van der Waals surface area contributed by atoms with Crippen LogP contribution in [0.1, 0.15) is 32.8 Å². The zero-order valence-electron chi connectivity index (χ0n) is 15.0. The first-order chi connectivity index (χ1) is 13.2. The van der Waals surface area contributed by atoms with Crippen molar-refractivity contribution in [2.45, 2.75) is 19.0 Å². The van der Waals surface area contributed by atoms with Crippen molar-refractivity contribution >= 4 is 17.5 Å². The topological polar surface area (TPSA) is 100 Å². The van der Waals surface area contributed by atoms with E-state index in [4.69, 9.17) is 5.73 Å². The van der Waals surface area contributed by atoms with Crippen LogP contribution in [-0.4, -0.2) is 47.4 Å². The van der Waals surface area contributed by atoms with Crippen molar-refractivity contribution in [1.29, 1.82) is 0 Å². The molecule has 1 aromatic carbocycles. The molecule has 0 bridgehead atoms. The van der Waals surface area contributed by atoms with Gasteiger partial charge in [0, 0.05) is 49.7 Å². The van der Waals surface area contributed by atoms with Crippen LogP contribution in [0.4, 0.5) is 5.69 Å². The molecule has 2 aliphatic heterocycles. The molecule has 4 rings (SSSR count). The number of carbonyl (C=O) groups is 2. The lowest BCUT2D eigenvalue weighted by Gasteiger charge is -2.24. The van der Waals surface area contributed by atoms with E-state index in [2.05, 4.69) is 15.6 Å². The van der Waals surface area contributed by atoms with Gasteiger partial charge in [0.2, 0.25) is 0 Å². The monoisotopic (exact) mass is 365 g/mol. The number of nitrogens with one attached hydrogen (secondary N) is 2. The average Bonchev–Trinajstić information content (AvgIpc) is 3.31. The third-order valence-corrected chi connectivity index (χ3v) is 5.34. The van der Waals surface area contributed by atoms with Crippen molar-refractivity contribution in [3.63, 3.8) is 0 Å². The highest BCUT2D eigenvalue weighted by Crippen LogP contribution is 2.29. The molecule has 0 aliphatic carbocycles. The number of amides is 2. The van der Waals surface area contributed by atoms with Crippen molar-refractivity contribution in [2.75, 3.05) is 25.0 Å². The van der Waals surface area contributed by atoms with Gasteiger partial charge in [0.1, 0.15) is 5.69 Å². The smallest absolute Gasteiger partial charge is 0.274 e. The number of nitrogens with two attached hydrogens (primary N) is 1. The maximum Gasteiger partial charge on any atom is 0.274 e. The van der Waals surface area contributed by atoms with Crippen LogP contribution in [0.15, 0.2) is 42.6 Å². The van der Waals surface area contributed by atoms with Gasteiger partial charge < -0.3 is 21.3 Å². The Morgan fingerprint density at radius 1 is 1.26 bits per heavy atom. The third-order valence-electron chi connectivity index (χ3n) is 5.34. The number of pyridine rings is 1. The molecule has 0 saturated carbocycles.